The van der Waals surface area contributed by atoms with Crippen molar-refractivity contribution < 1.29 is 9.53 Å². The molecule has 0 aromatic carbocycles. The average Bonchev–Trinajstić information content (AvgIpc) is 2.75. The lowest BCUT2D eigenvalue weighted by Gasteiger charge is -2.18. The van der Waals surface area contributed by atoms with Gasteiger partial charge in [0, 0.05) is 18.5 Å². The quantitative estimate of drug-likeness (QED) is 0.719. The lowest BCUT2D eigenvalue weighted by atomic mass is 10.4. The number of esters is 1. The molecule has 0 atom stereocenters. The van der Waals surface area contributed by atoms with Gasteiger partial charge in [-0.3, -0.25) is 0 Å². The van der Waals surface area contributed by atoms with Crippen LogP contribution in [0.15, 0.2) is 5.38 Å². The Bertz CT molecular complexity index is 338. The summed E-state index contributed by atoms with van der Waals surface area (Å²) in [6.45, 7) is 8.26. The maximum absolute atomic E-state index is 11.4. The minimum Gasteiger partial charge on any atom is -0.461 e. The van der Waals surface area contributed by atoms with E-state index in [1.54, 1.807) is 12.3 Å². The lowest BCUT2D eigenvalue weighted by molar-refractivity contribution is 0.0520. The zero-order valence-corrected chi connectivity index (χ0v) is 10.8. The molecule has 0 bridgehead atoms. The summed E-state index contributed by atoms with van der Waals surface area (Å²) in [5, 5.41) is 2.65. The van der Waals surface area contributed by atoms with Gasteiger partial charge in [-0.05, 0) is 20.3 Å². The van der Waals surface area contributed by atoms with Crippen LogP contribution in [-0.2, 0) is 4.74 Å². The molecule has 1 aromatic rings. The Labute approximate surface area is 100 Å². The molecular formula is C11H18N2O2S. The second-order valence-electron chi connectivity index (χ2n) is 3.32. The van der Waals surface area contributed by atoms with Crippen LogP contribution < -0.4 is 4.90 Å². The fourth-order valence-corrected chi connectivity index (χ4v) is 2.25. The number of hydrogen-bond donors (Lipinski definition) is 0. The van der Waals surface area contributed by atoms with Gasteiger partial charge in [0.2, 0.25) is 0 Å². The smallest absolute Gasteiger partial charge is 0.357 e. The van der Waals surface area contributed by atoms with Crippen LogP contribution in [-0.4, -0.2) is 30.6 Å². The largest absolute Gasteiger partial charge is 0.461 e. The van der Waals surface area contributed by atoms with Gasteiger partial charge >= 0.3 is 5.97 Å². The first-order chi connectivity index (χ1) is 7.72. The van der Waals surface area contributed by atoms with Crippen molar-refractivity contribution in [2.45, 2.75) is 27.2 Å². The standard InChI is InChI=1S/C11H18N2O2S/c1-4-7-13(5-2)11-12-9(8-16-11)10(14)15-6-3/h8H,4-7H2,1-3H3. The van der Waals surface area contributed by atoms with E-state index in [-0.39, 0.29) is 5.97 Å². The molecule has 1 heterocycles. The number of carbonyl (C=O) groups excluding carboxylic acids is 1. The van der Waals surface area contributed by atoms with Gasteiger partial charge < -0.3 is 9.64 Å². The fourth-order valence-electron chi connectivity index (χ4n) is 1.37. The van der Waals surface area contributed by atoms with Crippen LogP contribution in [0.25, 0.3) is 0 Å². The molecule has 0 aliphatic rings. The van der Waals surface area contributed by atoms with Crippen molar-refractivity contribution in [1.29, 1.82) is 0 Å². The number of aromatic nitrogens is 1. The molecule has 0 radical (unpaired) electrons. The maximum Gasteiger partial charge on any atom is 0.357 e. The predicted molar refractivity (Wildman–Crippen MR) is 66.2 cm³/mol. The third kappa shape index (κ3) is 3.20. The summed E-state index contributed by atoms with van der Waals surface area (Å²) in [4.78, 5) is 17.9. The van der Waals surface area contributed by atoms with Crippen molar-refractivity contribution in [2.75, 3.05) is 24.6 Å². The van der Waals surface area contributed by atoms with E-state index in [0.29, 0.717) is 12.3 Å². The molecule has 1 rings (SSSR count). The van der Waals surface area contributed by atoms with Crippen molar-refractivity contribution >= 4 is 22.4 Å². The van der Waals surface area contributed by atoms with E-state index in [1.807, 2.05) is 0 Å². The molecule has 0 spiro atoms. The third-order valence-corrected chi connectivity index (χ3v) is 3.02. The molecule has 0 aliphatic heterocycles. The predicted octanol–water partition coefficient (Wildman–Crippen LogP) is 2.56. The van der Waals surface area contributed by atoms with Crippen LogP contribution >= 0.6 is 11.3 Å². The summed E-state index contributed by atoms with van der Waals surface area (Å²) in [6.07, 6.45) is 1.07. The van der Waals surface area contributed by atoms with Crippen LogP contribution in [0, 0.1) is 0 Å². The Morgan fingerprint density at radius 2 is 2.25 bits per heavy atom. The van der Waals surface area contributed by atoms with Crippen molar-refractivity contribution in [1.82, 2.24) is 4.98 Å². The van der Waals surface area contributed by atoms with Crippen LogP contribution in [0.1, 0.15) is 37.7 Å². The lowest BCUT2D eigenvalue weighted by Crippen LogP contribution is -2.23. The number of carbonyl (C=O) groups is 1. The fraction of sp³-hybridized carbons (Fsp3) is 0.636. The molecule has 0 saturated carbocycles. The van der Waals surface area contributed by atoms with Crippen LogP contribution in [0.4, 0.5) is 5.13 Å². The highest BCUT2D eigenvalue weighted by atomic mass is 32.1. The summed E-state index contributed by atoms with van der Waals surface area (Å²) >= 11 is 1.49. The summed E-state index contributed by atoms with van der Waals surface area (Å²) in [7, 11) is 0. The highest BCUT2D eigenvalue weighted by Gasteiger charge is 2.14. The van der Waals surface area contributed by atoms with Crippen molar-refractivity contribution in [2.24, 2.45) is 0 Å². The molecule has 4 nitrogen and oxygen atoms in total. The second-order valence-corrected chi connectivity index (χ2v) is 4.15. The van der Waals surface area contributed by atoms with E-state index in [9.17, 15) is 4.79 Å². The molecule has 90 valence electrons. The molecule has 0 fully saturated rings. The second kappa shape index (κ2) is 6.48. The molecule has 0 amide bonds. The van der Waals surface area contributed by atoms with Crippen molar-refractivity contribution in [3.63, 3.8) is 0 Å². The van der Waals surface area contributed by atoms with E-state index in [2.05, 4.69) is 23.7 Å². The number of ether oxygens (including phenoxy) is 1. The Hall–Kier alpha value is -1.10. The number of hydrogen-bond acceptors (Lipinski definition) is 5. The first-order valence-electron chi connectivity index (χ1n) is 5.60. The van der Waals surface area contributed by atoms with E-state index < -0.39 is 0 Å². The molecule has 0 N–H and O–H groups in total. The van der Waals surface area contributed by atoms with Gasteiger partial charge in [-0.15, -0.1) is 11.3 Å². The molecular weight excluding hydrogens is 224 g/mol. The minimum absolute atomic E-state index is 0.336. The number of thiazole rings is 1. The highest BCUT2D eigenvalue weighted by molar-refractivity contribution is 7.13. The highest BCUT2D eigenvalue weighted by Crippen LogP contribution is 2.20. The Kier molecular flexibility index (Phi) is 5.25. The van der Waals surface area contributed by atoms with E-state index >= 15 is 0 Å². The van der Waals surface area contributed by atoms with Gasteiger partial charge in [0.1, 0.15) is 0 Å². The molecule has 16 heavy (non-hydrogen) atoms. The first-order valence-corrected chi connectivity index (χ1v) is 6.48. The summed E-state index contributed by atoms with van der Waals surface area (Å²) in [5.74, 6) is -0.336. The zero-order chi connectivity index (χ0) is 12.0. The van der Waals surface area contributed by atoms with Gasteiger partial charge in [-0.2, -0.15) is 0 Å². The SMILES string of the molecule is CCCN(CC)c1nc(C(=O)OCC)cs1. The topological polar surface area (TPSA) is 42.4 Å². The zero-order valence-electron chi connectivity index (χ0n) is 10.0. The van der Waals surface area contributed by atoms with Gasteiger partial charge in [-0.1, -0.05) is 6.92 Å². The van der Waals surface area contributed by atoms with Gasteiger partial charge in [0.05, 0.1) is 6.61 Å². The van der Waals surface area contributed by atoms with E-state index in [1.165, 1.54) is 11.3 Å². The third-order valence-electron chi connectivity index (χ3n) is 2.12. The first kappa shape index (κ1) is 13.0. The number of nitrogens with zero attached hydrogens (tertiary/aromatic N) is 2. The number of rotatable bonds is 6. The van der Waals surface area contributed by atoms with Gasteiger partial charge in [0.25, 0.3) is 0 Å². The van der Waals surface area contributed by atoms with Crippen LogP contribution in [0.5, 0.6) is 0 Å². The molecule has 0 saturated heterocycles. The van der Waals surface area contributed by atoms with E-state index in [4.69, 9.17) is 4.74 Å². The Morgan fingerprint density at radius 1 is 1.50 bits per heavy atom. The summed E-state index contributed by atoms with van der Waals surface area (Å²) in [6, 6.07) is 0. The van der Waals surface area contributed by atoms with Crippen LogP contribution in [0.3, 0.4) is 0 Å². The Balaban J connectivity index is 2.72. The molecule has 1 aromatic heterocycles. The normalized spacial score (nSPS) is 10.2. The van der Waals surface area contributed by atoms with E-state index in [0.717, 1.165) is 24.6 Å². The molecule has 5 heteroatoms. The van der Waals surface area contributed by atoms with Gasteiger partial charge in [0.15, 0.2) is 10.8 Å². The van der Waals surface area contributed by atoms with Crippen LogP contribution in [0.2, 0.25) is 0 Å². The van der Waals surface area contributed by atoms with Crippen molar-refractivity contribution in [3.05, 3.63) is 11.1 Å². The summed E-state index contributed by atoms with van der Waals surface area (Å²) < 4.78 is 4.90. The monoisotopic (exact) mass is 242 g/mol. The van der Waals surface area contributed by atoms with Gasteiger partial charge in [-0.25, -0.2) is 9.78 Å². The average molecular weight is 242 g/mol. The maximum atomic E-state index is 11.4. The van der Waals surface area contributed by atoms with Crippen molar-refractivity contribution in [3.8, 4) is 0 Å². The minimum atomic E-state index is -0.336. The Morgan fingerprint density at radius 3 is 2.81 bits per heavy atom. The molecule has 0 aliphatic carbocycles. The molecule has 0 unspecified atom stereocenters. The summed E-state index contributed by atoms with van der Waals surface area (Å²) in [5.41, 5.74) is 0.413. The number of anilines is 1.